The molecule has 1 aromatic rings. The number of benzene rings is 1. The van der Waals surface area contributed by atoms with Gasteiger partial charge in [-0.15, -0.1) is 0 Å². The number of para-hydroxylation sites is 1. The van der Waals surface area contributed by atoms with E-state index in [4.69, 9.17) is 4.74 Å². The minimum atomic E-state index is -0.462. The molecule has 3 aliphatic rings. The lowest BCUT2D eigenvalue weighted by molar-refractivity contribution is -0.125. The highest BCUT2D eigenvalue weighted by Crippen LogP contribution is 2.65. The Morgan fingerprint density at radius 2 is 2.04 bits per heavy atom. The van der Waals surface area contributed by atoms with E-state index >= 15 is 0 Å². The van der Waals surface area contributed by atoms with Crippen LogP contribution in [0.4, 0.5) is 0 Å². The molecule has 4 rings (SSSR count). The van der Waals surface area contributed by atoms with Crippen molar-refractivity contribution < 1.29 is 14.3 Å². The van der Waals surface area contributed by atoms with Crippen LogP contribution >= 0.6 is 0 Å². The van der Waals surface area contributed by atoms with Gasteiger partial charge in [0.25, 0.3) is 0 Å². The second-order valence-electron chi connectivity index (χ2n) is 8.26. The van der Waals surface area contributed by atoms with Crippen LogP contribution in [0, 0.1) is 17.8 Å². The molecule has 23 heavy (non-hydrogen) atoms. The summed E-state index contributed by atoms with van der Waals surface area (Å²) in [7, 11) is 0. The highest BCUT2D eigenvalue weighted by molar-refractivity contribution is 6.00. The van der Waals surface area contributed by atoms with E-state index < -0.39 is 5.60 Å². The monoisotopic (exact) mass is 313 g/mol. The molecule has 4 nitrogen and oxygen atoms in total. The Morgan fingerprint density at radius 3 is 2.78 bits per heavy atom. The molecule has 1 aromatic carbocycles. The molecule has 0 aromatic heterocycles. The zero-order valence-corrected chi connectivity index (χ0v) is 13.9. The molecule has 0 bridgehead atoms. The molecule has 0 saturated heterocycles. The Hall–Kier alpha value is -1.84. The molecule has 1 aliphatic heterocycles. The maximum absolute atomic E-state index is 12.5. The first-order chi connectivity index (χ1) is 10.8. The van der Waals surface area contributed by atoms with Crippen molar-refractivity contribution in [1.82, 2.24) is 5.32 Å². The third kappa shape index (κ3) is 2.27. The van der Waals surface area contributed by atoms with E-state index in [9.17, 15) is 9.59 Å². The SMILES string of the molecule is CC(C)(C)NC(=O)[C@@H]1[C@@H]2CC[C@@]3(CC(=O)c4ccccc4O3)[C@H]21. The molecule has 1 amide bonds. The quantitative estimate of drug-likeness (QED) is 0.867. The van der Waals surface area contributed by atoms with Crippen molar-refractivity contribution in [3.05, 3.63) is 29.8 Å². The van der Waals surface area contributed by atoms with Gasteiger partial charge in [0.05, 0.1) is 12.0 Å². The fraction of sp³-hybridized carbons (Fsp3) is 0.579. The fourth-order valence-corrected chi connectivity index (χ4v) is 4.57. The van der Waals surface area contributed by atoms with Gasteiger partial charge in [-0.1, -0.05) is 12.1 Å². The molecule has 2 aliphatic carbocycles. The molecular formula is C19H23NO3. The molecule has 2 saturated carbocycles. The average Bonchev–Trinajstić information content (AvgIpc) is 3.10. The van der Waals surface area contributed by atoms with Crippen molar-refractivity contribution in [1.29, 1.82) is 0 Å². The zero-order chi connectivity index (χ0) is 16.4. The van der Waals surface area contributed by atoms with Crippen molar-refractivity contribution in [2.24, 2.45) is 17.8 Å². The minimum absolute atomic E-state index is 0.000960. The van der Waals surface area contributed by atoms with Crippen LogP contribution in [0.15, 0.2) is 24.3 Å². The van der Waals surface area contributed by atoms with Gasteiger partial charge in [-0.25, -0.2) is 0 Å². The lowest BCUT2D eigenvalue weighted by Crippen LogP contribution is -2.46. The van der Waals surface area contributed by atoms with Crippen LogP contribution in [0.2, 0.25) is 0 Å². The minimum Gasteiger partial charge on any atom is -0.486 e. The highest BCUT2D eigenvalue weighted by atomic mass is 16.5. The molecule has 2 fully saturated rings. The topological polar surface area (TPSA) is 55.4 Å². The number of ether oxygens (including phenoxy) is 1. The van der Waals surface area contributed by atoms with Crippen LogP contribution in [0.5, 0.6) is 5.75 Å². The first-order valence-corrected chi connectivity index (χ1v) is 8.44. The summed E-state index contributed by atoms with van der Waals surface area (Å²) in [5, 5.41) is 3.08. The van der Waals surface area contributed by atoms with Crippen molar-refractivity contribution in [2.75, 3.05) is 0 Å². The largest absolute Gasteiger partial charge is 0.486 e. The number of Topliss-reactive ketones (excluding diaryl/α,β-unsaturated/α-hetero) is 1. The predicted molar refractivity (Wildman–Crippen MR) is 86.3 cm³/mol. The number of hydrogen-bond donors (Lipinski definition) is 1. The first kappa shape index (κ1) is 14.7. The summed E-state index contributed by atoms with van der Waals surface area (Å²) < 4.78 is 6.31. The first-order valence-electron chi connectivity index (χ1n) is 8.44. The summed E-state index contributed by atoms with van der Waals surface area (Å²) in [6, 6.07) is 7.46. The fourth-order valence-electron chi connectivity index (χ4n) is 4.57. The Balaban J connectivity index is 1.58. The Morgan fingerprint density at radius 1 is 1.30 bits per heavy atom. The van der Waals surface area contributed by atoms with E-state index in [0.717, 1.165) is 12.8 Å². The van der Waals surface area contributed by atoms with Gasteiger partial charge in [-0.3, -0.25) is 9.59 Å². The van der Waals surface area contributed by atoms with Gasteiger partial charge < -0.3 is 10.1 Å². The molecule has 1 N–H and O–H groups in total. The van der Waals surface area contributed by atoms with Crippen molar-refractivity contribution in [3.63, 3.8) is 0 Å². The van der Waals surface area contributed by atoms with E-state index in [0.29, 0.717) is 23.7 Å². The molecular weight excluding hydrogens is 290 g/mol. The normalized spacial score (nSPS) is 34.6. The molecule has 0 radical (unpaired) electrons. The van der Waals surface area contributed by atoms with E-state index in [-0.39, 0.29) is 29.1 Å². The van der Waals surface area contributed by atoms with Gasteiger partial charge in [-0.2, -0.15) is 0 Å². The Kier molecular flexibility index (Phi) is 2.94. The summed E-state index contributed by atoms with van der Waals surface area (Å²) in [6.07, 6.45) is 2.26. The smallest absolute Gasteiger partial charge is 0.224 e. The highest BCUT2D eigenvalue weighted by Gasteiger charge is 2.70. The van der Waals surface area contributed by atoms with Crippen molar-refractivity contribution in [2.45, 2.75) is 51.2 Å². The molecule has 4 atom stereocenters. The number of carbonyl (C=O) groups excluding carboxylic acids is 2. The number of fused-ring (bicyclic) bond motifs is 3. The molecule has 1 spiro atoms. The third-order valence-corrected chi connectivity index (χ3v) is 5.44. The van der Waals surface area contributed by atoms with Gasteiger partial charge >= 0.3 is 0 Å². The van der Waals surface area contributed by atoms with Gasteiger partial charge in [0.1, 0.15) is 11.4 Å². The molecule has 122 valence electrons. The van der Waals surface area contributed by atoms with Crippen LogP contribution in [-0.4, -0.2) is 22.8 Å². The zero-order valence-electron chi connectivity index (χ0n) is 13.9. The second kappa shape index (κ2) is 4.59. The van der Waals surface area contributed by atoms with Crippen molar-refractivity contribution in [3.8, 4) is 5.75 Å². The number of carbonyl (C=O) groups is 2. The number of nitrogens with one attached hydrogen (secondary N) is 1. The molecule has 0 unspecified atom stereocenters. The van der Waals surface area contributed by atoms with Crippen LogP contribution in [-0.2, 0) is 4.79 Å². The van der Waals surface area contributed by atoms with Gasteiger partial charge in [0.2, 0.25) is 5.91 Å². The lowest BCUT2D eigenvalue weighted by atomic mass is 9.84. The average molecular weight is 313 g/mol. The van der Waals surface area contributed by atoms with Crippen molar-refractivity contribution >= 4 is 11.7 Å². The summed E-state index contributed by atoms with van der Waals surface area (Å²) >= 11 is 0. The van der Waals surface area contributed by atoms with Gasteiger partial charge in [-0.05, 0) is 51.7 Å². The molecule has 4 heteroatoms. The maximum atomic E-state index is 12.5. The van der Waals surface area contributed by atoms with Crippen LogP contribution in [0.25, 0.3) is 0 Å². The Labute approximate surface area is 136 Å². The van der Waals surface area contributed by atoms with Gasteiger partial charge in [0, 0.05) is 17.4 Å². The van der Waals surface area contributed by atoms with Gasteiger partial charge in [0.15, 0.2) is 5.78 Å². The summed E-state index contributed by atoms with van der Waals surface area (Å²) in [6.45, 7) is 5.99. The standard InChI is InChI=1S/C19H23NO3/c1-18(2,3)20-17(22)15-12-8-9-19(16(12)15)10-13(21)11-6-4-5-7-14(11)23-19/h4-7,12,15-16H,8-10H2,1-3H3,(H,20,22)/t12-,15+,16+,19+/m0/s1. The molecule has 1 heterocycles. The predicted octanol–water partition coefficient (Wildman–Crippen LogP) is 2.96. The Bertz CT molecular complexity index is 690. The number of ketones is 1. The lowest BCUT2D eigenvalue weighted by Gasteiger charge is -2.37. The second-order valence-corrected chi connectivity index (χ2v) is 8.26. The van der Waals surface area contributed by atoms with E-state index in [1.54, 1.807) is 0 Å². The van der Waals surface area contributed by atoms with Crippen LogP contribution in [0.3, 0.4) is 0 Å². The number of rotatable bonds is 1. The van der Waals surface area contributed by atoms with Crippen LogP contribution in [0.1, 0.15) is 50.4 Å². The number of hydrogen-bond acceptors (Lipinski definition) is 3. The summed E-state index contributed by atoms with van der Waals surface area (Å²) in [5.41, 5.74) is -0.00890. The summed E-state index contributed by atoms with van der Waals surface area (Å²) in [4.78, 5) is 25.1. The summed E-state index contributed by atoms with van der Waals surface area (Å²) in [5.74, 6) is 1.50. The van der Waals surface area contributed by atoms with E-state index in [1.807, 2.05) is 45.0 Å². The number of amides is 1. The maximum Gasteiger partial charge on any atom is 0.224 e. The van der Waals surface area contributed by atoms with E-state index in [1.165, 1.54) is 0 Å². The van der Waals surface area contributed by atoms with E-state index in [2.05, 4.69) is 5.32 Å². The third-order valence-electron chi connectivity index (χ3n) is 5.44. The van der Waals surface area contributed by atoms with Crippen LogP contribution < -0.4 is 10.1 Å².